The molecule has 17 rings (SSSR count). The number of nitrogens with zero attached hydrogens (tertiary/aromatic N) is 14. The van der Waals surface area contributed by atoms with Crippen LogP contribution in [0.15, 0.2) is 387 Å². The van der Waals surface area contributed by atoms with Crippen LogP contribution in [0, 0.1) is 0 Å². The van der Waals surface area contributed by atoms with Gasteiger partial charge in [0.1, 0.15) is 72.5 Å². The van der Waals surface area contributed by atoms with Crippen LogP contribution in [-0.4, -0.2) is 46.2 Å². The molecule has 0 unspecified atom stereocenters. The van der Waals surface area contributed by atoms with Crippen molar-refractivity contribution >= 4 is 45.1 Å². The molecule has 7 aliphatic heterocycles. The normalized spacial score (nSPS) is 15.2. The molecule has 10 aromatic rings. The highest BCUT2D eigenvalue weighted by molar-refractivity contribution is 6.37. The van der Waals surface area contributed by atoms with Crippen molar-refractivity contribution in [3.8, 4) is 33.4 Å². The Morgan fingerprint density at radius 2 is 0.517 bits per heavy atom. The third-order valence-corrected chi connectivity index (χ3v) is 23.6. The van der Waals surface area contributed by atoms with E-state index in [0.29, 0.717) is 0 Å². The Bertz CT molecular complexity index is 5790. The fourth-order valence-corrected chi connectivity index (χ4v) is 16.5. The maximum Gasteiger partial charge on any atom is 0.218 e. The van der Waals surface area contributed by atoms with E-state index in [1.807, 2.05) is 0 Å². The van der Waals surface area contributed by atoms with Crippen molar-refractivity contribution in [1.29, 1.82) is 0 Å². The van der Waals surface area contributed by atoms with Gasteiger partial charge in [0.2, 0.25) is 22.8 Å². The summed E-state index contributed by atoms with van der Waals surface area (Å²) in [5, 5.41) is 0. The van der Waals surface area contributed by atoms with Gasteiger partial charge in [-0.1, -0.05) is 0 Å². The van der Waals surface area contributed by atoms with E-state index < -0.39 is 0 Å². The Kier molecular flexibility index (Phi) is 24.8. The van der Waals surface area contributed by atoms with Crippen molar-refractivity contribution in [1.82, 2.24) is 9.80 Å². The molecule has 0 saturated carbocycles. The zero-order valence-corrected chi connectivity index (χ0v) is 69.7. The molecule has 0 aromatic carbocycles. The van der Waals surface area contributed by atoms with Gasteiger partial charge in [-0.25, -0.2) is 65.6 Å². The molecular formula is C104H110N16+12. The van der Waals surface area contributed by atoms with Gasteiger partial charge in [0.25, 0.3) is 0 Å². The summed E-state index contributed by atoms with van der Waals surface area (Å²) in [7, 11) is 8.22. The smallest absolute Gasteiger partial charge is 0.218 e. The Morgan fingerprint density at radius 3 is 0.875 bits per heavy atom. The third kappa shape index (κ3) is 19.6. The average Bonchev–Trinajstić information content (AvgIpc) is 1.61. The first-order valence-electron chi connectivity index (χ1n) is 43.0. The van der Waals surface area contributed by atoms with E-state index in [-0.39, 0.29) is 0 Å². The van der Waals surface area contributed by atoms with Crippen molar-refractivity contribution in [2.24, 2.45) is 31.1 Å². The predicted molar refractivity (Wildman–Crippen MR) is 471 cm³/mol. The minimum Gasteiger partial charge on any atom is -0.357 e. The van der Waals surface area contributed by atoms with Gasteiger partial charge in [-0.05, 0) is 131 Å². The molecule has 16 heteroatoms. The molecule has 0 atom stereocenters. The lowest BCUT2D eigenvalue weighted by Gasteiger charge is -2.20. The lowest BCUT2D eigenvalue weighted by molar-refractivity contribution is -0.701. The van der Waals surface area contributed by atoms with Crippen LogP contribution in [0.25, 0.3) is 55.7 Å². The summed E-state index contributed by atoms with van der Waals surface area (Å²) in [6.07, 6.45) is 92.4. The van der Waals surface area contributed by atoms with Crippen LogP contribution in [-0.2, 0) is 67.0 Å². The molecule has 594 valence electrons. The third-order valence-electron chi connectivity index (χ3n) is 23.6. The SMILES string of the molecule is CN1C=CC(=C2C=CN(CCCCC[n+]3ccc(C4=C5C=CC(=N5)C(c5cc[n+](CCCCC[n+]6ccc(-c7cc[n+](C)cc7)cc6)cc5)=C5C=CC(=[NH+]5)C(c5cc[n+](CCCCC[n+]6ccc(-c7cc[n+](C)cc7)cc6)cc5)=C5C=CC(=[NH+]5)C(c5cc[n+](CCCCC[n+]6ccc(-c7cc[n+](C)cc7)cc6)cc5)=C5C=CC4=N5)cc3)C=C2)C=C1. The summed E-state index contributed by atoms with van der Waals surface area (Å²) in [6, 6.07) is 44.6. The maximum atomic E-state index is 5.74. The number of aliphatic imine (C=N–C) groups is 2. The van der Waals surface area contributed by atoms with Crippen LogP contribution in [0.1, 0.15) is 99.3 Å². The number of allylic oxidation sites excluding steroid dienone is 18. The molecule has 0 spiro atoms. The van der Waals surface area contributed by atoms with E-state index in [9.17, 15) is 0 Å². The molecule has 0 aliphatic carbocycles. The second-order valence-electron chi connectivity index (χ2n) is 32.4. The van der Waals surface area contributed by atoms with E-state index in [2.05, 4.69) is 437 Å². The summed E-state index contributed by atoms with van der Waals surface area (Å²) in [5.74, 6) is 0. The number of aromatic nitrogens is 10. The molecule has 10 aromatic heterocycles. The predicted octanol–water partition coefficient (Wildman–Crippen LogP) is 10.7. The van der Waals surface area contributed by atoms with Gasteiger partial charge >= 0.3 is 0 Å². The van der Waals surface area contributed by atoms with Crippen LogP contribution in [0.3, 0.4) is 0 Å². The van der Waals surface area contributed by atoms with Crippen molar-refractivity contribution in [3.05, 3.63) is 399 Å². The Labute approximate surface area is 706 Å². The second-order valence-corrected chi connectivity index (χ2v) is 32.4. The lowest BCUT2D eigenvalue weighted by Crippen LogP contribution is -2.71. The molecule has 120 heavy (non-hydrogen) atoms. The number of aryl methyl sites for hydroxylation is 10. The summed E-state index contributed by atoms with van der Waals surface area (Å²) < 4.78 is 22.5. The lowest BCUT2D eigenvalue weighted by atomic mass is 9.99. The van der Waals surface area contributed by atoms with Gasteiger partial charge in [-0.15, -0.1) is 0 Å². The monoisotopic (exact) mass is 1580 g/mol. The van der Waals surface area contributed by atoms with Crippen molar-refractivity contribution in [3.63, 3.8) is 0 Å². The highest BCUT2D eigenvalue weighted by atomic mass is 15.1. The molecule has 0 fully saturated rings. The summed E-state index contributed by atoms with van der Waals surface area (Å²) >= 11 is 0. The molecule has 16 nitrogen and oxygen atoms in total. The van der Waals surface area contributed by atoms with Crippen LogP contribution in [0.5, 0.6) is 0 Å². The summed E-state index contributed by atoms with van der Waals surface area (Å²) in [6.45, 7) is 7.65. The average molecular weight is 1580 g/mol. The van der Waals surface area contributed by atoms with Gasteiger partial charge < -0.3 is 9.80 Å². The van der Waals surface area contributed by atoms with Crippen LogP contribution in [0.2, 0.25) is 0 Å². The molecule has 2 N–H and O–H groups in total. The number of hydrogen-bond acceptors (Lipinski definition) is 4. The van der Waals surface area contributed by atoms with Crippen LogP contribution in [0.4, 0.5) is 0 Å². The number of fused-ring (bicyclic) bond motifs is 4. The first-order chi connectivity index (χ1) is 59.0. The fourth-order valence-electron chi connectivity index (χ4n) is 16.5. The first kappa shape index (κ1) is 78.9. The maximum absolute atomic E-state index is 5.74. The molecule has 0 radical (unpaired) electrons. The molecule has 0 saturated heterocycles. The fraction of sp³-hybridized carbons (Fsp3) is 0.231. The highest BCUT2D eigenvalue weighted by Gasteiger charge is 2.35. The van der Waals surface area contributed by atoms with Gasteiger partial charge in [0.15, 0.2) is 124 Å². The number of rotatable bonds is 31. The van der Waals surface area contributed by atoms with E-state index in [1.54, 1.807) is 0 Å². The molecule has 0 amide bonds. The molecular weight excluding hydrogens is 1470 g/mol. The Hall–Kier alpha value is -13.6. The standard InChI is InChI=1S/C104H108N16/c1-109-57-25-81(26-58-109)85-33-65-113(66-34-85)49-9-5-13-53-117-73-41-89(42-74-117)101-93-17-19-95(105-93)102(90-43-75-118(76-44-90)54-14-6-10-50-114-67-35-86(36-68-114)82-27-59-110(2)60-28-82)97-21-23-99(107-97)104(92-47-79-120(80-48-92)56-16-8-12-52-116-71-39-88(40-72-116)84-31-63-112(4)64-32-84)100-24-22-98(108-100)103(96-20-18-94(101)106-96)91-45-77-119(78-46-91)55-15-7-11-51-115-69-37-87(38-70-115)83-29-61-111(3)62-30-83/h17-48,57-80H,5-16,49-56H2,1-4H3/q+10/p+2. The van der Waals surface area contributed by atoms with E-state index in [1.165, 1.54) is 44.5 Å². The quantitative estimate of drug-likeness (QED) is 0.0334. The molecule has 17 heterocycles. The van der Waals surface area contributed by atoms with Crippen molar-refractivity contribution in [2.75, 3.05) is 13.6 Å². The zero-order valence-electron chi connectivity index (χ0n) is 69.7. The van der Waals surface area contributed by atoms with Gasteiger partial charge in [0, 0.05) is 251 Å². The highest BCUT2D eigenvalue weighted by Crippen LogP contribution is 2.35. The topological polar surface area (TPSA) is 97.9 Å². The first-order valence-corrected chi connectivity index (χ1v) is 43.0. The van der Waals surface area contributed by atoms with Gasteiger partial charge in [-0.2, -0.15) is 0 Å². The second kappa shape index (κ2) is 37.8. The minimum absolute atomic E-state index is 0.864. The van der Waals surface area contributed by atoms with E-state index in [0.717, 1.165) is 220 Å². The van der Waals surface area contributed by atoms with Crippen molar-refractivity contribution < 1.29 is 55.7 Å². The Morgan fingerprint density at radius 1 is 0.250 bits per heavy atom. The number of unbranched alkanes of at least 4 members (excludes halogenated alkanes) is 8. The summed E-state index contributed by atoms with van der Waals surface area (Å²) in [5.41, 5.74) is 25.7. The number of pyridine rings is 10. The van der Waals surface area contributed by atoms with Crippen molar-refractivity contribution in [2.45, 2.75) is 123 Å². The summed E-state index contributed by atoms with van der Waals surface area (Å²) in [4.78, 5) is 24.0. The Balaban J connectivity index is 0.653. The van der Waals surface area contributed by atoms with Crippen LogP contribution < -0.4 is 55.7 Å². The zero-order chi connectivity index (χ0) is 81.4. The van der Waals surface area contributed by atoms with Gasteiger partial charge in [0.05, 0.1) is 34.0 Å². The molecule has 8 bridgehead atoms. The molecule has 7 aliphatic rings. The van der Waals surface area contributed by atoms with E-state index in [4.69, 9.17) is 9.98 Å². The van der Waals surface area contributed by atoms with Gasteiger partial charge in [-0.3, -0.25) is 0 Å². The number of hydrogen-bond donors (Lipinski definition) is 2. The largest absolute Gasteiger partial charge is 0.357 e. The minimum atomic E-state index is 0.864. The van der Waals surface area contributed by atoms with E-state index >= 15 is 0 Å². The van der Waals surface area contributed by atoms with Crippen LogP contribution >= 0.6 is 0 Å². The number of nitrogens with one attached hydrogen (secondary N) is 2.